The third kappa shape index (κ3) is 2.49. The molecule has 1 aromatic rings. The lowest BCUT2D eigenvalue weighted by Crippen LogP contribution is -2.21. The van der Waals surface area contributed by atoms with Gasteiger partial charge in [-0.2, -0.15) is 0 Å². The summed E-state index contributed by atoms with van der Waals surface area (Å²) >= 11 is 0. The second-order valence-corrected chi connectivity index (χ2v) is 4.21. The van der Waals surface area contributed by atoms with E-state index in [0.717, 1.165) is 5.69 Å². The summed E-state index contributed by atoms with van der Waals surface area (Å²) in [6.07, 6.45) is 5.09. The topological polar surface area (TPSA) is 48.0 Å². The van der Waals surface area contributed by atoms with Crippen LogP contribution in [0.15, 0.2) is 24.4 Å². The fourth-order valence-electron chi connectivity index (χ4n) is 1.31. The monoisotopic (exact) mass is 192 g/mol. The van der Waals surface area contributed by atoms with Crippen molar-refractivity contribution >= 4 is 12.0 Å². The zero-order valence-corrected chi connectivity index (χ0v) is 8.82. The van der Waals surface area contributed by atoms with Crippen LogP contribution in [0.25, 0.3) is 6.08 Å². The fourth-order valence-corrected chi connectivity index (χ4v) is 1.31. The molecule has 0 spiro atoms. The summed E-state index contributed by atoms with van der Waals surface area (Å²) in [5, 5.41) is 0. The van der Waals surface area contributed by atoms with Crippen LogP contribution in [0.1, 0.15) is 26.5 Å². The van der Waals surface area contributed by atoms with E-state index in [1.165, 1.54) is 6.08 Å². The number of nitrogens with two attached hydrogens (primary N) is 1. The number of rotatable bonds is 2. The molecule has 2 N–H and O–H groups in total. The highest BCUT2D eigenvalue weighted by molar-refractivity contribution is 5.90. The zero-order valence-electron chi connectivity index (χ0n) is 8.82. The molecule has 0 saturated carbocycles. The number of nitrogens with zero attached hydrogens (tertiary/aromatic N) is 1. The van der Waals surface area contributed by atoms with Crippen molar-refractivity contribution in [1.82, 2.24) is 4.57 Å². The average molecular weight is 192 g/mol. The van der Waals surface area contributed by atoms with Crippen LogP contribution in [0.4, 0.5) is 0 Å². The fraction of sp³-hybridized carbons (Fsp3) is 0.364. The summed E-state index contributed by atoms with van der Waals surface area (Å²) in [7, 11) is 0. The maximum atomic E-state index is 10.6. The first-order chi connectivity index (χ1) is 6.41. The van der Waals surface area contributed by atoms with Crippen molar-refractivity contribution in [2.45, 2.75) is 26.3 Å². The Bertz CT molecular complexity index is 356. The molecule has 1 rings (SSSR count). The molecule has 0 radical (unpaired) electrons. The van der Waals surface area contributed by atoms with Crippen LogP contribution in [-0.2, 0) is 10.3 Å². The van der Waals surface area contributed by atoms with Gasteiger partial charge in [0.05, 0.1) is 0 Å². The summed E-state index contributed by atoms with van der Waals surface area (Å²) in [5.74, 6) is -0.424. The van der Waals surface area contributed by atoms with Gasteiger partial charge < -0.3 is 10.3 Å². The Hall–Kier alpha value is -1.51. The molecule has 3 heteroatoms. The number of hydrogen-bond donors (Lipinski definition) is 1. The molecule has 0 atom stereocenters. The van der Waals surface area contributed by atoms with Crippen molar-refractivity contribution in [2.75, 3.05) is 0 Å². The molecule has 0 aliphatic carbocycles. The third-order valence-corrected chi connectivity index (χ3v) is 1.92. The summed E-state index contributed by atoms with van der Waals surface area (Å²) in [6, 6.07) is 3.90. The van der Waals surface area contributed by atoms with Gasteiger partial charge in [0.2, 0.25) is 5.91 Å². The molecular weight excluding hydrogens is 176 g/mol. The minimum Gasteiger partial charge on any atom is -0.366 e. The Kier molecular flexibility index (Phi) is 2.79. The van der Waals surface area contributed by atoms with E-state index in [1.54, 1.807) is 6.08 Å². The lowest BCUT2D eigenvalue weighted by molar-refractivity contribution is -0.113. The van der Waals surface area contributed by atoms with Gasteiger partial charge in [-0.3, -0.25) is 4.79 Å². The molecule has 1 aromatic heterocycles. The van der Waals surface area contributed by atoms with E-state index >= 15 is 0 Å². The number of carbonyl (C=O) groups excluding carboxylic acids is 1. The Labute approximate surface area is 84.2 Å². The van der Waals surface area contributed by atoms with Crippen LogP contribution >= 0.6 is 0 Å². The highest BCUT2D eigenvalue weighted by Crippen LogP contribution is 2.18. The van der Waals surface area contributed by atoms with Gasteiger partial charge in [-0.15, -0.1) is 0 Å². The number of amides is 1. The van der Waals surface area contributed by atoms with E-state index in [0.29, 0.717) is 0 Å². The Morgan fingerprint density at radius 3 is 2.64 bits per heavy atom. The maximum Gasteiger partial charge on any atom is 0.241 e. The van der Waals surface area contributed by atoms with E-state index in [9.17, 15) is 4.79 Å². The Morgan fingerprint density at radius 1 is 1.50 bits per heavy atom. The SMILES string of the molecule is CC(C)(C)n1cccc1C=CC(N)=O. The Balaban J connectivity index is 3.00. The first-order valence-corrected chi connectivity index (χ1v) is 4.56. The Morgan fingerprint density at radius 2 is 2.14 bits per heavy atom. The number of hydrogen-bond acceptors (Lipinski definition) is 1. The molecule has 76 valence electrons. The van der Waals surface area contributed by atoms with Crippen LogP contribution in [0.3, 0.4) is 0 Å². The number of carbonyl (C=O) groups is 1. The minimum absolute atomic E-state index is 0.0147. The van der Waals surface area contributed by atoms with Crippen LogP contribution in [0.2, 0.25) is 0 Å². The van der Waals surface area contributed by atoms with Crippen LogP contribution in [0, 0.1) is 0 Å². The van der Waals surface area contributed by atoms with E-state index in [2.05, 4.69) is 25.3 Å². The first-order valence-electron chi connectivity index (χ1n) is 4.56. The molecule has 0 aliphatic heterocycles. The van der Waals surface area contributed by atoms with Gasteiger partial charge in [-0.25, -0.2) is 0 Å². The van der Waals surface area contributed by atoms with Crippen molar-refractivity contribution in [3.05, 3.63) is 30.1 Å². The van der Waals surface area contributed by atoms with Gasteiger partial charge in [-0.05, 0) is 39.0 Å². The standard InChI is InChI=1S/C11H16N2O/c1-11(2,3)13-8-4-5-9(13)6-7-10(12)14/h4-8H,1-3H3,(H2,12,14). The molecule has 3 nitrogen and oxygen atoms in total. The third-order valence-electron chi connectivity index (χ3n) is 1.92. The van der Waals surface area contributed by atoms with E-state index in [4.69, 9.17) is 5.73 Å². The second-order valence-electron chi connectivity index (χ2n) is 4.21. The van der Waals surface area contributed by atoms with Crippen molar-refractivity contribution < 1.29 is 4.79 Å². The van der Waals surface area contributed by atoms with Crippen molar-refractivity contribution in [3.63, 3.8) is 0 Å². The smallest absolute Gasteiger partial charge is 0.241 e. The van der Waals surface area contributed by atoms with Crippen molar-refractivity contribution in [3.8, 4) is 0 Å². The molecule has 0 aliphatic rings. The van der Waals surface area contributed by atoms with E-state index in [1.807, 2.05) is 18.3 Å². The molecular formula is C11H16N2O. The lowest BCUT2D eigenvalue weighted by atomic mass is 10.1. The van der Waals surface area contributed by atoms with Gasteiger partial charge in [0.15, 0.2) is 0 Å². The molecule has 0 fully saturated rings. The number of aromatic nitrogens is 1. The van der Waals surface area contributed by atoms with Gasteiger partial charge in [0.25, 0.3) is 0 Å². The molecule has 14 heavy (non-hydrogen) atoms. The van der Waals surface area contributed by atoms with Gasteiger partial charge in [0, 0.05) is 23.5 Å². The molecule has 1 heterocycles. The largest absolute Gasteiger partial charge is 0.366 e. The average Bonchev–Trinajstić information content (AvgIpc) is 2.46. The lowest BCUT2D eigenvalue weighted by Gasteiger charge is -2.23. The molecule has 0 unspecified atom stereocenters. The molecule has 0 saturated heterocycles. The zero-order chi connectivity index (χ0) is 10.8. The quantitative estimate of drug-likeness (QED) is 0.713. The first kappa shape index (κ1) is 10.6. The highest BCUT2D eigenvalue weighted by atomic mass is 16.1. The van der Waals surface area contributed by atoms with Crippen LogP contribution in [0.5, 0.6) is 0 Å². The minimum atomic E-state index is -0.424. The second kappa shape index (κ2) is 3.70. The normalized spacial score (nSPS) is 12.2. The van der Waals surface area contributed by atoms with Crippen LogP contribution in [-0.4, -0.2) is 10.5 Å². The molecule has 1 amide bonds. The van der Waals surface area contributed by atoms with E-state index in [-0.39, 0.29) is 5.54 Å². The number of primary amides is 1. The summed E-state index contributed by atoms with van der Waals surface area (Å²) < 4.78 is 2.09. The van der Waals surface area contributed by atoms with Crippen molar-refractivity contribution in [1.29, 1.82) is 0 Å². The van der Waals surface area contributed by atoms with Crippen LogP contribution < -0.4 is 5.73 Å². The predicted molar refractivity (Wildman–Crippen MR) is 57.7 cm³/mol. The summed E-state index contributed by atoms with van der Waals surface area (Å²) in [6.45, 7) is 6.32. The van der Waals surface area contributed by atoms with E-state index < -0.39 is 5.91 Å². The highest BCUT2D eigenvalue weighted by Gasteiger charge is 2.13. The van der Waals surface area contributed by atoms with Gasteiger partial charge in [0.1, 0.15) is 0 Å². The maximum absolute atomic E-state index is 10.6. The van der Waals surface area contributed by atoms with Crippen molar-refractivity contribution in [2.24, 2.45) is 5.73 Å². The summed E-state index contributed by atoms with van der Waals surface area (Å²) in [4.78, 5) is 10.6. The predicted octanol–water partition coefficient (Wildman–Crippen LogP) is 1.74. The van der Waals surface area contributed by atoms with Gasteiger partial charge in [-0.1, -0.05) is 0 Å². The molecule has 0 bridgehead atoms. The van der Waals surface area contributed by atoms with Gasteiger partial charge >= 0.3 is 0 Å². The summed E-state index contributed by atoms with van der Waals surface area (Å²) in [5.41, 5.74) is 6.03. The molecule has 0 aromatic carbocycles.